The van der Waals surface area contributed by atoms with Crippen molar-refractivity contribution in [3.05, 3.63) is 359 Å². The number of imidazole rings is 2. The van der Waals surface area contributed by atoms with Crippen molar-refractivity contribution in [2.75, 3.05) is 0 Å². The van der Waals surface area contributed by atoms with E-state index < -0.39 is 11.8 Å². The minimum atomic E-state index is -1.03. The summed E-state index contributed by atoms with van der Waals surface area (Å²) in [7, 11) is 0. The molecule has 0 spiro atoms. The zero-order valence-electron chi connectivity index (χ0n) is 73.4. The molecule has 0 radical (unpaired) electrons. The molecule has 0 fully saturated rings. The molecular weight excluding hydrogens is 1840 g/mol. The predicted octanol–water partition coefficient (Wildman–Crippen LogP) is 29.0. The van der Waals surface area contributed by atoms with E-state index in [1.807, 2.05) is 84.3 Å². The molecule has 10 heteroatoms. The minimum absolute atomic E-state index is 0. The van der Waals surface area contributed by atoms with Crippen LogP contribution in [0.4, 0.5) is 0 Å². The van der Waals surface area contributed by atoms with E-state index in [0.29, 0.717) is 33.8 Å². The van der Waals surface area contributed by atoms with Gasteiger partial charge in [0, 0.05) is 80.0 Å². The van der Waals surface area contributed by atoms with Gasteiger partial charge in [0.2, 0.25) is 0 Å². The molecule has 0 saturated heterocycles. The van der Waals surface area contributed by atoms with E-state index in [-0.39, 0.29) is 70.4 Å². The van der Waals surface area contributed by atoms with E-state index in [1.165, 1.54) is 16.7 Å². The van der Waals surface area contributed by atoms with Crippen LogP contribution in [-0.4, -0.2) is 39.3 Å². The molecule has 4 heterocycles. The van der Waals surface area contributed by atoms with Crippen molar-refractivity contribution in [2.45, 2.75) is 139 Å². The van der Waals surface area contributed by atoms with Gasteiger partial charge < -0.3 is 10.2 Å². The van der Waals surface area contributed by atoms with Crippen LogP contribution in [0.1, 0.15) is 158 Å². The molecule has 608 valence electrons. The molecule has 13 aromatic carbocycles. The monoisotopic (exact) mass is 1940 g/mol. The van der Waals surface area contributed by atoms with Gasteiger partial charge in [0.1, 0.15) is 23.1 Å². The second kappa shape index (κ2) is 33.9. The number of benzene rings is 13. The molecule has 121 heavy (non-hydrogen) atoms. The second-order valence-electron chi connectivity index (χ2n) is 34.7. The van der Waals surface area contributed by atoms with Crippen LogP contribution < -0.4 is 0 Å². The maximum absolute atomic E-state index is 12.4. The molecule has 4 aromatic heterocycles. The summed E-state index contributed by atoms with van der Waals surface area (Å²) in [6.07, 6.45) is 3.77. The molecule has 17 rings (SSSR count). The third-order valence-corrected chi connectivity index (χ3v) is 23.5. The van der Waals surface area contributed by atoms with Crippen LogP contribution in [0.5, 0.6) is 11.5 Å². The Bertz CT molecular complexity index is 6930. The van der Waals surface area contributed by atoms with E-state index in [0.717, 1.165) is 167 Å². The number of nitrogens with zero attached hydrogens (tertiary/aromatic N) is 6. The maximum atomic E-state index is 12.4. The first kappa shape index (κ1) is 81.4. The molecular formula is C111H100N6O2Pt2-2. The predicted molar refractivity (Wildman–Crippen MR) is 495 cm³/mol. The van der Waals surface area contributed by atoms with Crippen molar-refractivity contribution in [1.82, 2.24) is 29.1 Å². The molecule has 0 bridgehead atoms. The summed E-state index contributed by atoms with van der Waals surface area (Å²) in [6.45, 7) is 33.6. The normalized spacial score (nSPS) is 12.4. The number of phenolic OH excluding ortho intramolecular Hbond substituents is 2. The van der Waals surface area contributed by atoms with Gasteiger partial charge in [-0.15, -0.1) is 53.1 Å². The number of aryl methyl sites for hydroxylation is 5. The number of aromatic hydroxyl groups is 2. The molecule has 8 nitrogen and oxygen atoms in total. The third-order valence-electron chi connectivity index (χ3n) is 23.5. The van der Waals surface area contributed by atoms with Crippen molar-refractivity contribution in [1.29, 1.82) is 0 Å². The average molecular weight is 1940 g/mol. The van der Waals surface area contributed by atoms with E-state index >= 15 is 0 Å². The Kier molecular flexibility index (Phi) is 22.8. The van der Waals surface area contributed by atoms with Gasteiger partial charge in [-0.05, 0) is 224 Å². The number of hydrogen-bond acceptors (Lipinski definition) is 6. The molecule has 1 unspecified atom stereocenters. The summed E-state index contributed by atoms with van der Waals surface area (Å²) in [5.41, 5.74) is 32.9. The van der Waals surface area contributed by atoms with E-state index in [2.05, 4.69) is 333 Å². The molecule has 0 saturated carbocycles. The standard InChI is InChI=1S/C111H100N6O2.2Pt/c1-66(2)94-64-84(44-46-90(94)92-32-22-24-36-98(92)110(11,12)13)116-102-38-26-34-88(104(102)114-108(116)96-54-69(6)52-71(8)106(96)118)80-56-78(57-82(60-80)100-62-76(48-50-112-100)74-28-18-17-19-29-74)73(10)86-30-20-21-31-87(86)79-58-81(61-83(59-79)101-63-77(49-51-113-101)75-42-40-68(5)41-43-75)89-35-27-39-103-105(89)115-109(97-55-70(7)53-72(9)107(97)119)117(103)85-45-47-91(95(65-85)67(3)4)93-33-23-25-37-99(93)111(14,15)16;;/h17-59,62-67,73,118-119H,1-16H3;;/q-2;;/i66D,67D;;. The summed E-state index contributed by atoms with van der Waals surface area (Å²) >= 11 is 0. The van der Waals surface area contributed by atoms with Gasteiger partial charge in [0.15, 0.2) is 0 Å². The number of phenols is 2. The summed E-state index contributed by atoms with van der Waals surface area (Å²) in [5.74, 6) is -0.914. The first-order chi connectivity index (χ1) is 57.8. The van der Waals surface area contributed by atoms with Gasteiger partial charge in [-0.25, -0.2) is 9.97 Å². The van der Waals surface area contributed by atoms with E-state index in [4.69, 9.17) is 19.9 Å². The largest absolute Gasteiger partial charge is 0.507 e. The van der Waals surface area contributed by atoms with Crippen molar-refractivity contribution >= 4 is 22.1 Å². The van der Waals surface area contributed by atoms with Crippen LogP contribution in [0.2, 0.25) is 0 Å². The van der Waals surface area contributed by atoms with Gasteiger partial charge in [-0.3, -0.25) is 19.1 Å². The molecule has 1 atom stereocenters. The van der Waals surface area contributed by atoms with Crippen LogP contribution >= 0.6 is 0 Å². The summed E-state index contributed by atoms with van der Waals surface area (Å²) in [5, 5.41) is 24.7. The van der Waals surface area contributed by atoms with E-state index in [9.17, 15) is 13.0 Å². The summed E-state index contributed by atoms with van der Waals surface area (Å²) in [4.78, 5) is 21.8. The number of aromatic nitrogens is 6. The fourth-order valence-corrected chi connectivity index (χ4v) is 17.5. The molecule has 0 aliphatic heterocycles. The Balaban J connectivity index is 0.00000587. The van der Waals surface area contributed by atoms with Gasteiger partial charge in [-0.1, -0.05) is 298 Å². The Morgan fingerprint density at radius 1 is 0.339 bits per heavy atom. The molecule has 0 amide bonds. The second-order valence-corrected chi connectivity index (χ2v) is 34.7. The average Bonchev–Trinajstić information content (AvgIpc) is 1.62. The Morgan fingerprint density at radius 3 is 1.23 bits per heavy atom. The van der Waals surface area contributed by atoms with E-state index in [1.54, 1.807) is 0 Å². The Hall–Kier alpha value is -11.9. The number of pyridine rings is 2. The molecule has 2 N–H and O–H groups in total. The van der Waals surface area contributed by atoms with Crippen molar-refractivity contribution < 1.29 is 55.1 Å². The Morgan fingerprint density at radius 2 is 0.752 bits per heavy atom. The molecule has 17 aromatic rings. The minimum Gasteiger partial charge on any atom is -0.507 e. The van der Waals surface area contributed by atoms with Crippen molar-refractivity contribution in [2.24, 2.45) is 0 Å². The summed E-state index contributed by atoms with van der Waals surface area (Å²) < 4.78 is 24.0. The van der Waals surface area contributed by atoms with Crippen LogP contribution in [0.3, 0.4) is 0 Å². The van der Waals surface area contributed by atoms with Crippen molar-refractivity contribution in [3.63, 3.8) is 0 Å². The fourth-order valence-electron chi connectivity index (χ4n) is 17.5. The quantitative estimate of drug-likeness (QED) is 0.0881. The Labute approximate surface area is 744 Å². The smallest absolute Gasteiger partial charge is 0.148 e. The van der Waals surface area contributed by atoms with Gasteiger partial charge >= 0.3 is 0 Å². The third kappa shape index (κ3) is 16.3. The van der Waals surface area contributed by atoms with Crippen LogP contribution in [0.25, 0.3) is 157 Å². The van der Waals surface area contributed by atoms with Gasteiger partial charge in [-0.2, -0.15) is 0 Å². The zero-order chi connectivity index (χ0) is 84.9. The van der Waals surface area contributed by atoms with Gasteiger partial charge in [0.05, 0.1) is 33.2 Å². The van der Waals surface area contributed by atoms with Crippen LogP contribution in [-0.2, 0) is 53.0 Å². The number of rotatable bonds is 17. The number of hydrogen-bond donors (Lipinski definition) is 2. The number of para-hydroxylation sites is 2. The maximum Gasteiger partial charge on any atom is 0.148 e. The van der Waals surface area contributed by atoms with Gasteiger partial charge in [0.25, 0.3) is 0 Å². The first-order valence-corrected chi connectivity index (χ1v) is 41.2. The van der Waals surface area contributed by atoms with Crippen LogP contribution in [0, 0.1) is 46.8 Å². The van der Waals surface area contributed by atoms with Crippen molar-refractivity contribution in [3.8, 4) is 146 Å². The SMILES string of the molecule is [2H]C(C)(C)c1cc(-n2c(-c3cc(C)cc(C)c3O)nc3c(-c4[c-]c(-c5cc(-c6ccc(C)cc6)ccn5)cc(-c5ccccc5C(C)c5cc(-c6cc(-c7ccccc7)ccn6)[c-]c(-c6cccc7c6nc(-c6cc(C)cc(C)c6O)n7-c6ccc(-c7ccccc7C(C)(C)C)c(C([2H])(C)C)c6)c5)c4)cccc32)ccc1-c1ccccc1C(C)(C)C.[Pt].[Pt]. The molecule has 0 aliphatic carbocycles. The molecule has 0 aliphatic rings. The first-order valence-electron chi connectivity index (χ1n) is 42.2. The fraction of sp³-hybridized carbons (Fsp3) is 0.189. The topological polar surface area (TPSA) is 102 Å². The van der Waals surface area contributed by atoms with Crippen LogP contribution in [0.15, 0.2) is 285 Å². The zero-order valence-corrected chi connectivity index (χ0v) is 76.0. The number of fused-ring (bicyclic) bond motifs is 2. The summed E-state index contributed by atoms with van der Waals surface area (Å²) in [6, 6.07) is 104.